The molecule has 2 rings (SSSR count). The number of nitro groups is 1. The lowest BCUT2D eigenvalue weighted by Gasteiger charge is -2.40. The van der Waals surface area contributed by atoms with Gasteiger partial charge in [0.25, 0.3) is 17.5 Å². The molecule has 170 valence electrons. The summed E-state index contributed by atoms with van der Waals surface area (Å²) in [5.41, 5.74) is -1.05. The Bertz CT molecular complexity index is 1030. The largest absolute Gasteiger partial charge is 0.465 e. The zero-order chi connectivity index (χ0) is 24.2. The van der Waals surface area contributed by atoms with Crippen LogP contribution in [0, 0.1) is 17.0 Å². The van der Waals surface area contributed by atoms with Gasteiger partial charge in [-0.1, -0.05) is 37.3 Å². The van der Waals surface area contributed by atoms with E-state index >= 15 is 0 Å². The molecule has 0 radical (unpaired) electrons. The topological polar surface area (TPSA) is 121 Å². The first-order chi connectivity index (χ1) is 14.9. The van der Waals surface area contributed by atoms with Gasteiger partial charge in [-0.15, -0.1) is 0 Å². The van der Waals surface area contributed by atoms with Crippen LogP contribution in [0.1, 0.15) is 50.0 Å². The van der Waals surface area contributed by atoms with E-state index in [2.05, 4.69) is 0 Å². The molecule has 0 aliphatic rings. The molecule has 0 fully saturated rings. The number of carbonyl (C=O) groups is 3. The van der Waals surface area contributed by atoms with Crippen LogP contribution in [0.4, 0.5) is 16.2 Å². The number of aryl methyl sites for hydroxylation is 1. The summed E-state index contributed by atoms with van der Waals surface area (Å²) in [7, 11) is 0. The lowest BCUT2D eigenvalue weighted by Crippen LogP contribution is -2.58. The second-order valence-corrected chi connectivity index (χ2v) is 8.29. The summed E-state index contributed by atoms with van der Waals surface area (Å²) in [5, 5.41) is 21.4. The zero-order valence-electron chi connectivity index (χ0n) is 18.7. The number of nitrogens with zero attached hydrogens (tertiary/aromatic N) is 3. The minimum Gasteiger partial charge on any atom is -0.465 e. The van der Waals surface area contributed by atoms with Crippen molar-refractivity contribution in [3.05, 3.63) is 69.8 Å². The Morgan fingerprint density at radius 2 is 1.66 bits per heavy atom. The number of hydrogen-bond donors (Lipinski definition) is 1. The van der Waals surface area contributed by atoms with E-state index in [4.69, 9.17) is 0 Å². The van der Waals surface area contributed by atoms with E-state index in [-0.39, 0.29) is 17.7 Å². The number of amides is 3. The molecular weight excluding hydrogens is 414 g/mol. The highest BCUT2D eigenvalue weighted by Crippen LogP contribution is 2.29. The number of para-hydroxylation sites is 1. The van der Waals surface area contributed by atoms with Crippen molar-refractivity contribution < 1.29 is 24.4 Å². The summed E-state index contributed by atoms with van der Waals surface area (Å²) in [5.74, 6) is -1.66. The van der Waals surface area contributed by atoms with Crippen molar-refractivity contribution >= 4 is 29.3 Å². The molecule has 0 heterocycles. The standard InChI is InChI=1S/C23H27N3O6/c1-6-17(25(22(29)30)23(3,4)5)20(27)24(16-12-8-7-9-13-16)21(28)19-15(2)11-10-14-18(19)26(31)32/h7-14,17H,6H2,1-5H3,(H,29,30). The highest BCUT2D eigenvalue weighted by molar-refractivity contribution is 6.24. The molecule has 3 amide bonds. The summed E-state index contributed by atoms with van der Waals surface area (Å²) in [6.45, 7) is 8.14. The van der Waals surface area contributed by atoms with Crippen LogP contribution in [0.5, 0.6) is 0 Å². The number of carbonyl (C=O) groups excluding carboxylic acids is 2. The molecule has 1 atom stereocenters. The van der Waals surface area contributed by atoms with Gasteiger partial charge in [-0.05, 0) is 51.8 Å². The molecule has 0 aliphatic heterocycles. The van der Waals surface area contributed by atoms with Crippen molar-refractivity contribution in [3.8, 4) is 0 Å². The molecule has 32 heavy (non-hydrogen) atoms. The molecule has 2 aromatic rings. The molecular formula is C23H27N3O6. The lowest BCUT2D eigenvalue weighted by atomic mass is 9.99. The monoisotopic (exact) mass is 441 g/mol. The normalized spacial score (nSPS) is 12.0. The Hall–Kier alpha value is -3.75. The molecule has 9 heteroatoms. The minimum atomic E-state index is -1.31. The fourth-order valence-corrected chi connectivity index (χ4v) is 3.62. The molecule has 1 N–H and O–H groups in total. The second-order valence-electron chi connectivity index (χ2n) is 8.29. The molecule has 0 saturated carbocycles. The smallest absolute Gasteiger partial charge is 0.408 e. The van der Waals surface area contributed by atoms with Crippen LogP contribution in [0.2, 0.25) is 0 Å². The van der Waals surface area contributed by atoms with Crippen LogP contribution in [-0.2, 0) is 4.79 Å². The third-order valence-corrected chi connectivity index (χ3v) is 5.01. The van der Waals surface area contributed by atoms with Crippen molar-refractivity contribution in [1.29, 1.82) is 0 Å². The zero-order valence-corrected chi connectivity index (χ0v) is 18.7. The third kappa shape index (κ3) is 4.93. The van der Waals surface area contributed by atoms with Crippen molar-refractivity contribution in [2.75, 3.05) is 4.90 Å². The van der Waals surface area contributed by atoms with Gasteiger partial charge in [0.15, 0.2) is 0 Å². The highest BCUT2D eigenvalue weighted by Gasteiger charge is 2.41. The van der Waals surface area contributed by atoms with Crippen LogP contribution in [-0.4, -0.2) is 44.4 Å². The van der Waals surface area contributed by atoms with Gasteiger partial charge in [0.1, 0.15) is 11.6 Å². The molecule has 0 bridgehead atoms. The molecule has 0 spiro atoms. The van der Waals surface area contributed by atoms with Gasteiger partial charge in [-0.3, -0.25) is 24.6 Å². The maximum Gasteiger partial charge on any atom is 0.408 e. The van der Waals surface area contributed by atoms with E-state index in [1.807, 2.05) is 0 Å². The van der Waals surface area contributed by atoms with Gasteiger partial charge < -0.3 is 5.11 Å². The number of carboxylic acid groups (broad SMARTS) is 1. The summed E-state index contributed by atoms with van der Waals surface area (Å²) < 4.78 is 0. The summed E-state index contributed by atoms with van der Waals surface area (Å²) in [4.78, 5) is 52.1. The van der Waals surface area contributed by atoms with Crippen LogP contribution in [0.3, 0.4) is 0 Å². The van der Waals surface area contributed by atoms with Gasteiger partial charge in [0, 0.05) is 11.6 Å². The Labute approximate surface area is 186 Å². The van der Waals surface area contributed by atoms with E-state index in [9.17, 15) is 29.6 Å². The Morgan fingerprint density at radius 3 is 2.12 bits per heavy atom. The Morgan fingerprint density at radius 1 is 1.06 bits per heavy atom. The quantitative estimate of drug-likeness (QED) is 0.515. The van der Waals surface area contributed by atoms with E-state index in [0.717, 1.165) is 9.80 Å². The van der Waals surface area contributed by atoms with E-state index in [0.29, 0.717) is 5.56 Å². The molecule has 9 nitrogen and oxygen atoms in total. The first-order valence-electron chi connectivity index (χ1n) is 10.1. The average molecular weight is 441 g/mol. The third-order valence-electron chi connectivity index (χ3n) is 5.01. The number of hydrogen-bond acceptors (Lipinski definition) is 5. The lowest BCUT2D eigenvalue weighted by molar-refractivity contribution is -0.385. The van der Waals surface area contributed by atoms with E-state index in [1.165, 1.54) is 24.3 Å². The van der Waals surface area contributed by atoms with Crippen LogP contribution >= 0.6 is 0 Å². The van der Waals surface area contributed by atoms with Gasteiger partial charge in [0.2, 0.25) is 0 Å². The summed E-state index contributed by atoms with van der Waals surface area (Å²) >= 11 is 0. The van der Waals surface area contributed by atoms with Crippen molar-refractivity contribution in [2.24, 2.45) is 0 Å². The number of anilines is 1. The highest BCUT2D eigenvalue weighted by atomic mass is 16.6. The predicted molar refractivity (Wildman–Crippen MR) is 120 cm³/mol. The Kier molecular flexibility index (Phi) is 7.35. The van der Waals surface area contributed by atoms with E-state index in [1.54, 1.807) is 58.9 Å². The van der Waals surface area contributed by atoms with Crippen LogP contribution in [0.15, 0.2) is 48.5 Å². The molecule has 0 aromatic heterocycles. The Balaban J connectivity index is 2.71. The first-order valence-corrected chi connectivity index (χ1v) is 10.1. The molecule has 2 aromatic carbocycles. The predicted octanol–water partition coefficient (Wildman–Crippen LogP) is 4.63. The fraction of sp³-hybridized carbons (Fsp3) is 0.348. The van der Waals surface area contributed by atoms with Crippen molar-refractivity contribution in [3.63, 3.8) is 0 Å². The van der Waals surface area contributed by atoms with Crippen molar-refractivity contribution in [2.45, 2.75) is 52.6 Å². The van der Waals surface area contributed by atoms with E-state index < -0.39 is 40.1 Å². The molecule has 0 aliphatic carbocycles. The SMILES string of the molecule is CCC(C(=O)N(C(=O)c1c(C)cccc1[N+](=O)[O-])c1ccccc1)N(C(=O)O)C(C)(C)C. The van der Waals surface area contributed by atoms with Gasteiger partial charge in [-0.25, -0.2) is 9.69 Å². The number of rotatable bonds is 6. The maximum atomic E-state index is 13.7. The second kappa shape index (κ2) is 9.59. The van der Waals surface area contributed by atoms with Gasteiger partial charge >= 0.3 is 6.09 Å². The van der Waals surface area contributed by atoms with Crippen LogP contribution in [0.25, 0.3) is 0 Å². The van der Waals surface area contributed by atoms with Crippen LogP contribution < -0.4 is 4.90 Å². The average Bonchev–Trinajstić information content (AvgIpc) is 2.71. The number of benzene rings is 2. The van der Waals surface area contributed by atoms with Crippen molar-refractivity contribution in [1.82, 2.24) is 4.90 Å². The molecule has 1 unspecified atom stereocenters. The summed E-state index contributed by atoms with van der Waals surface area (Å²) in [6.07, 6.45) is -1.20. The number of nitro benzene ring substituents is 1. The first kappa shape index (κ1) is 24.5. The van der Waals surface area contributed by atoms with Gasteiger partial charge in [0.05, 0.1) is 10.6 Å². The minimum absolute atomic E-state index is 0.106. The fourth-order valence-electron chi connectivity index (χ4n) is 3.62. The van der Waals surface area contributed by atoms with Gasteiger partial charge in [-0.2, -0.15) is 0 Å². The summed E-state index contributed by atoms with van der Waals surface area (Å²) in [6, 6.07) is 11.0. The number of imide groups is 1. The molecule has 0 saturated heterocycles. The maximum absolute atomic E-state index is 13.7.